The van der Waals surface area contributed by atoms with E-state index in [1.807, 2.05) is 37.3 Å². The van der Waals surface area contributed by atoms with Gasteiger partial charge in [0.25, 0.3) is 0 Å². The van der Waals surface area contributed by atoms with Gasteiger partial charge in [-0.15, -0.1) is 0 Å². The van der Waals surface area contributed by atoms with Crippen molar-refractivity contribution in [3.63, 3.8) is 0 Å². The summed E-state index contributed by atoms with van der Waals surface area (Å²) in [5.41, 5.74) is 5.29. The van der Waals surface area contributed by atoms with Gasteiger partial charge in [-0.05, 0) is 55.8 Å². The van der Waals surface area contributed by atoms with E-state index in [0.717, 1.165) is 43.9 Å². The summed E-state index contributed by atoms with van der Waals surface area (Å²) < 4.78 is 11.6. The lowest BCUT2D eigenvalue weighted by Crippen LogP contribution is -2.43. The molecule has 1 aromatic heterocycles. The summed E-state index contributed by atoms with van der Waals surface area (Å²) in [6.07, 6.45) is 0. The topological polar surface area (TPSA) is 76.9 Å². The van der Waals surface area contributed by atoms with Gasteiger partial charge in [0, 0.05) is 38.3 Å². The van der Waals surface area contributed by atoms with Gasteiger partial charge in [-0.1, -0.05) is 24.3 Å². The number of carbonyl (C=O) groups is 2. The summed E-state index contributed by atoms with van der Waals surface area (Å²) in [6, 6.07) is 13.4. The monoisotopic (exact) mass is 476 g/mol. The molecule has 184 valence electrons. The van der Waals surface area contributed by atoms with Crippen molar-refractivity contribution in [2.24, 2.45) is 0 Å². The first kappa shape index (κ1) is 24.6. The highest BCUT2D eigenvalue weighted by atomic mass is 16.5. The fraction of sp³-hybridized carbons (Fsp3) is 0.370. The zero-order valence-electron chi connectivity index (χ0n) is 21.0. The fourth-order valence-electron chi connectivity index (χ4n) is 4.51. The normalized spacial score (nSPS) is 14.7. The maximum Gasteiger partial charge on any atom is 0.357 e. The summed E-state index contributed by atoms with van der Waals surface area (Å²) in [4.78, 5) is 30.7. The van der Waals surface area contributed by atoms with Crippen LogP contribution in [0.3, 0.4) is 0 Å². The Bertz CT molecular complexity index is 1230. The lowest BCUT2D eigenvalue weighted by molar-refractivity contribution is 0.0549. The van der Waals surface area contributed by atoms with Gasteiger partial charge in [-0.25, -0.2) is 14.3 Å². The summed E-state index contributed by atoms with van der Waals surface area (Å²) in [5, 5.41) is 4.77. The predicted molar refractivity (Wildman–Crippen MR) is 134 cm³/mol. The van der Waals surface area contributed by atoms with E-state index in [1.165, 1.54) is 30.0 Å². The summed E-state index contributed by atoms with van der Waals surface area (Å²) in [7, 11) is 4.73. The summed E-state index contributed by atoms with van der Waals surface area (Å²) >= 11 is 0. The molecular weight excluding hydrogens is 444 g/mol. The molecule has 0 aliphatic carbocycles. The third-order valence-corrected chi connectivity index (χ3v) is 6.58. The maximum atomic E-state index is 13.0. The summed E-state index contributed by atoms with van der Waals surface area (Å²) in [5.74, 6) is -1.29. The first-order chi connectivity index (χ1) is 16.8. The first-order valence-electron chi connectivity index (χ1n) is 11.7. The minimum atomic E-state index is -0.657. The number of nitrogens with zero attached hydrogens (tertiary/aromatic N) is 4. The minimum absolute atomic E-state index is 0.0427. The molecule has 0 saturated carbocycles. The zero-order valence-corrected chi connectivity index (χ0v) is 21.0. The number of aromatic nitrogens is 2. The smallest absolute Gasteiger partial charge is 0.357 e. The van der Waals surface area contributed by atoms with E-state index in [1.54, 1.807) is 0 Å². The fourth-order valence-corrected chi connectivity index (χ4v) is 4.51. The van der Waals surface area contributed by atoms with Crippen molar-refractivity contribution in [1.29, 1.82) is 0 Å². The van der Waals surface area contributed by atoms with Crippen LogP contribution in [-0.2, 0) is 16.0 Å². The Kier molecular flexibility index (Phi) is 7.33. The van der Waals surface area contributed by atoms with Crippen molar-refractivity contribution in [2.45, 2.75) is 20.4 Å². The van der Waals surface area contributed by atoms with Crippen molar-refractivity contribution >= 4 is 11.9 Å². The molecule has 0 unspecified atom stereocenters. The van der Waals surface area contributed by atoms with Crippen LogP contribution in [0.2, 0.25) is 0 Å². The highest BCUT2D eigenvalue weighted by molar-refractivity contribution is 6.07. The molecule has 1 fully saturated rings. The molecule has 0 bridgehead atoms. The Balaban J connectivity index is 1.88. The number of methoxy groups -OCH3 is 2. The molecule has 2 heterocycles. The number of likely N-dealkylation sites (N-methyl/N-ethyl adjacent to an activating group) is 1. The van der Waals surface area contributed by atoms with Crippen LogP contribution >= 0.6 is 0 Å². The van der Waals surface area contributed by atoms with Gasteiger partial charge in [0.05, 0.1) is 19.9 Å². The molecule has 0 radical (unpaired) electrons. The van der Waals surface area contributed by atoms with Crippen LogP contribution in [0.25, 0.3) is 16.9 Å². The molecule has 8 heteroatoms. The lowest BCUT2D eigenvalue weighted by Gasteiger charge is -2.32. The summed E-state index contributed by atoms with van der Waals surface area (Å²) in [6.45, 7) is 8.98. The highest BCUT2D eigenvalue weighted by Crippen LogP contribution is 2.33. The molecule has 4 rings (SSSR count). The molecule has 2 aromatic carbocycles. The molecular formula is C27H32N4O4. The van der Waals surface area contributed by atoms with E-state index >= 15 is 0 Å². The number of esters is 2. The molecule has 8 nitrogen and oxygen atoms in total. The van der Waals surface area contributed by atoms with Crippen molar-refractivity contribution in [3.8, 4) is 16.9 Å². The second-order valence-corrected chi connectivity index (χ2v) is 8.98. The van der Waals surface area contributed by atoms with E-state index in [9.17, 15) is 9.59 Å². The van der Waals surface area contributed by atoms with Crippen LogP contribution in [0.1, 0.15) is 37.5 Å². The van der Waals surface area contributed by atoms with Gasteiger partial charge in [-0.3, -0.25) is 4.90 Å². The third kappa shape index (κ3) is 4.99. The Morgan fingerprint density at radius 3 is 2.20 bits per heavy atom. The van der Waals surface area contributed by atoms with Crippen molar-refractivity contribution in [2.75, 3.05) is 47.4 Å². The molecule has 1 saturated heterocycles. The van der Waals surface area contributed by atoms with Crippen molar-refractivity contribution in [3.05, 3.63) is 70.4 Å². The minimum Gasteiger partial charge on any atom is -0.465 e. The van der Waals surface area contributed by atoms with E-state index in [0.29, 0.717) is 11.4 Å². The largest absolute Gasteiger partial charge is 0.465 e. The highest BCUT2D eigenvalue weighted by Gasteiger charge is 2.32. The molecule has 0 amide bonds. The van der Waals surface area contributed by atoms with Gasteiger partial charge in [0.15, 0.2) is 5.69 Å². The second kappa shape index (κ2) is 10.4. The molecule has 1 aliphatic rings. The van der Waals surface area contributed by atoms with Gasteiger partial charge in [-0.2, -0.15) is 5.10 Å². The van der Waals surface area contributed by atoms with Crippen LogP contribution in [0.15, 0.2) is 42.5 Å². The number of hydrogen-bond acceptors (Lipinski definition) is 7. The number of piperazine rings is 1. The van der Waals surface area contributed by atoms with E-state index in [4.69, 9.17) is 14.6 Å². The first-order valence-corrected chi connectivity index (χ1v) is 11.7. The molecule has 0 atom stereocenters. The van der Waals surface area contributed by atoms with Crippen molar-refractivity contribution in [1.82, 2.24) is 19.6 Å². The Labute approximate surface area is 206 Å². The average Bonchev–Trinajstić information content (AvgIpc) is 3.27. The molecule has 35 heavy (non-hydrogen) atoms. The van der Waals surface area contributed by atoms with Crippen molar-refractivity contribution < 1.29 is 19.1 Å². The second-order valence-electron chi connectivity index (χ2n) is 8.98. The van der Waals surface area contributed by atoms with Crippen LogP contribution in [-0.4, -0.2) is 79.0 Å². The van der Waals surface area contributed by atoms with Crippen LogP contribution in [0.4, 0.5) is 0 Å². The molecule has 3 aromatic rings. The zero-order chi connectivity index (χ0) is 25.1. The average molecular weight is 477 g/mol. The number of carbonyl (C=O) groups excluding carboxylic acids is 2. The number of ether oxygens (including phenoxy) is 2. The van der Waals surface area contributed by atoms with Crippen LogP contribution in [0, 0.1) is 13.8 Å². The maximum absolute atomic E-state index is 13.0. The molecule has 0 spiro atoms. The van der Waals surface area contributed by atoms with E-state index < -0.39 is 11.9 Å². The Morgan fingerprint density at radius 2 is 1.57 bits per heavy atom. The molecule has 0 N–H and O–H groups in total. The quantitative estimate of drug-likeness (QED) is 0.504. The Morgan fingerprint density at radius 1 is 0.914 bits per heavy atom. The lowest BCUT2D eigenvalue weighted by atomic mass is 9.95. The third-order valence-electron chi connectivity index (χ3n) is 6.58. The van der Waals surface area contributed by atoms with E-state index in [-0.39, 0.29) is 11.3 Å². The number of rotatable bonds is 6. The van der Waals surface area contributed by atoms with E-state index in [2.05, 4.69) is 35.9 Å². The number of benzene rings is 2. The van der Waals surface area contributed by atoms with Gasteiger partial charge in [0.1, 0.15) is 11.3 Å². The number of aryl methyl sites for hydroxylation is 2. The standard InChI is InChI=1S/C27H32N4O4/c1-18-15-19(2)22(16-20(18)17-30-13-11-29(3)12-14-30)24-23(26(32)34-4)25(27(33)35-5)31(28-24)21-9-7-6-8-10-21/h6-10,15-16H,11-14,17H2,1-5H3. The SMILES string of the molecule is COC(=O)c1c(-c2cc(CN3CCN(C)CC3)c(C)cc2C)nn(-c2ccccc2)c1C(=O)OC. The number of para-hydroxylation sites is 1. The van der Waals surface area contributed by atoms with Gasteiger partial charge in [0.2, 0.25) is 0 Å². The van der Waals surface area contributed by atoms with Crippen LogP contribution < -0.4 is 0 Å². The number of hydrogen-bond donors (Lipinski definition) is 0. The molecule has 1 aliphatic heterocycles. The van der Waals surface area contributed by atoms with Crippen LogP contribution in [0.5, 0.6) is 0 Å². The predicted octanol–water partition coefficient (Wildman–Crippen LogP) is 3.48. The van der Waals surface area contributed by atoms with Gasteiger partial charge >= 0.3 is 11.9 Å². The van der Waals surface area contributed by atoms with Gasteiger partial charge < -0.3 is 14.4 Å². The Hall–Kier alpha value is -3.49.